The smallest absolute Gasteiger partial charge is 0.223 e. The zero-order valence-electron chi connectivity index (χ0n) is 14.4. The zero-order chi connectivity index (χ0) is 16.9. The van der Waals surface area contributed by atoms with Crippen LogP contribution in [-0.2, 0) is 22.5 Å². The number of aromatic nitrogens is 3. The summed E-state index contributed by atoms with van der Waals surface area (Å²) in [5, 5.41) is 20.9. The number of carbonyl (C=O) groups is 1. The molecule has 0 radical (unpaired) electrons. The van der Waals surface area contributed by atoms with Gasteiger partial charge < -0.3 is 15.2 Å². The van der Waals surface area contributed by atoms with Gasteiger partial charge in [0.2, 0.25) is 5.91 Å². The van der Waals surface area contributed by atoms with E-state index in [9.17, 15) is 9.90 Å². The van der Waals surface area contributed by atoms with E-state index in [4.69, 9.17) is 4.74 Å². The molecule has 3 atom stereocenters. The first-order chi connectivity index (χ1) is 11.7. The highest BCUT2D eigenvalue weighted by Crippen LogP contribution is 2.30. The standard InChI is InChI=1S/C17H28N4O3/c1-2-3-13-10-21(20-19-13)9-8-14-6-7-15(16(11-22)24-14)18-17(23)12-4-5-12/h10,12,14-16,22H,2-9,11H2,1H3,(H,18,23)/t14-,15-,16+/m0/s1. The molecule has 24 heavy (non-hydrogen) atoms. The molecule has 1 saturated carbocycles. The summed E-state index contributed by atoms with van der Waals surface area (Å²) in [6, 6.07) is -0.0677. The van der Waals surface area contributed by atoms with E-state index in [2.05, 4.69) is 22.6 Å². The second kappa shape index (κ2) is 8.07. The minimum atomic E-state index is -0.308. The molecule has 1 aromatic rings. The van der Waals surface area contributed by atoms with Gasteiger partial charge in [-0.05, 0) is 38.5 Å². The fourth-order valence-corrected chi connectivity index (χ4v) is 3.25. The SMILES string of the molecule is CCCc1cn(CC[C@@H]2CC[C@H](NC(=O)C3CC3)[C@@H](CO)O2)nn1. The second-order valence-electron chi connectivity index (χ2n) is 6.96. The van der Waals surface area contributed by atoms with Crippen LogP contribution in [0.2, 0.25) is 0 Å². The number of hydrogen-bond donors (Lipinski definition) is 2. The molecule has 2 fully saturated rings. The van der Waals surface area contributed by atoms with Crippen LogP contribution in [0.15, 0.2) is 6.20 Å². The summed E-state index contributed by atoms with van der Waals surface area (Å²) in [7, 11) is 0. The van der Waals surface area contributed by atoms with Crippen LogP contribution in [0.4, 0.5) is 0 Å². The molecule has 2 N–H and O–H groups in total. The lowest BCUT2D eigenvalue weighted by atomic mass is 9.97. The van der Waals surface area contributed by atoms with Crippen LogP contribution in [0.3, 0.4) is 0 Å². The quantitative estimate of drug-likeness (QED) is 0.741. The van der Waals surface area contributed by atoms with Gasteiger partial charge in [-0.25, -0.2) is 0 Å². The van der Waals surface area contributed by atoms with Crippen molar-refractivity contribution in [2.45, 2.75) is 76.7 Å². The Morgan fingerprint density at radius 1 is 1.42 bits per heavy atom. The lowest BCUT2D eigenvalue weighted by molar-refractivity contribution is -0.129. The summed E-state index contributed by atoms with van der Waals surface area (Å²) in [5.41, 5.74) is 1.03. The number of aliphatic hydroxyl groups is 1. The van der Waals surface area contributed by atoms with Crippen LogP contribution in [0.1, 0.15) is 51.1 Å². The number of aryl methyl sites for hydroxylation is 2. The lowest BCUT2D eigenvalue weighted by Gasteiger charge is -2.36. The summed E-state index contributed by atoms with van der Waals surface area (Å²) in [6.07, 6.45) is 8.37. The minimum absolute atomic E-state index is 0.0594. The molecule has 7 nitrogen and oxygen atoms in total. The molecule has 134 valence electrons. The van der Waals surface area contributed by atoms with Crippen molar-refractivity contribution in [2.24, 2.45) is 5.92 Å². The summed E-state index contributed by atoms with van der Waals surface area (Å²) < 4.78 is 7.86. The number of rotatable bonds is 8. The topological polar surface area (TPSA) is 89.3 Å². The van der Waals surface area contributed by atoms with E-state index in [0.29, 0.717) is 0 Å². The monoisotopic (exact) mass is 336 g/mol. The van der Waals surface area contributed by atoms with Crippen molar-refractivity contribution < 1.29 is 14.6 Å². The second-order valence-corrected chi connectivity index (χ2v) is 6.96. The van der Waals surface area contributed by atoms with Gasteiger partial charge in [-0.3, -0.25) is 9.48 Å². The maximum Gasteiger partial charge on any atom is 0.223 e. The predicted molar refractivity (Wildman–Crippen MR) is 88.3 cm³/mol. The maximum absolute atomic E-state index is 11.9. The number of nitrogens with zero attached hydrogens (tertiary/aromatic N) is 3. The molecule has 0 aromatic carbocycles. The molecule has 1 aliphatic heterocycles. The number of hydrogen-bond acceptors (Lipinski definition) is 5. The number of amides is 1. The molecule has 0 spiro atoms. The first-order valence-corrected chi connectivity index (χ1v) is 9.15. The fourth-order valence-electron chi connectivity index (χ4n) is 3.25. The van der Waals surface area contributed by atoms with E-state index >= 15 is 0 Å². The summed E-state index contributed by atoms with van der Waals surface area (Å²) >= 11 is 0. The highest BCUT2D eigenvalue weighted by molar-refractivity contribution is 5.81. The van der Waals surface area contributed by atoms with Crippen molar-refractivity contribution in [3.8, 4) is 0 Å². The minimum Gasteiger partial charge on any atom is -0.394 e. The first-order valence-electron chi connectivity index (χ1n) is 9.15. The van der Waals surface area contributed by atoms with Gasteiger partial charge in [0.25, 0.3) is 0 Å². The Morgan fingerprint density at radius 2 is 2.25 bits per heavy atom. The van der Waals surface area contributed by atoms with Crippen molar-refractivity contribution in [3.63, 3.8) is 0 Å². The third kappa shape index (κ3) is 4.54. The first kappa shape index (κ1) is 17.4. The number of carbonyl (C=O) groups excluding carboxylic acids is 1. The highest BCUT2D eigenvalue weighted by atomic mass is 16.5. The molecule has 1 amide bonds. The van der Waals surface area contributed by atoms with Gasteiger partial charge in [0.15, 0.2) is 0 Å². The van der Waals surface area contributed by atoms with Gasteiger partial charge in [0, 0.05) is 18.7 Å². The van der Waals surface area contributed by atoms with E-state index in [1.807, 2.05) is 10.9 Å². The average molecular weight is 336 g/mol. The van der Waals surface area contributed by atoms with Crippen molar-refractivity contribution in [3.05, 3.63) is 11.9 Å². The number of nitrogens with one attached hydrogen (secondary N) is 1. The Morgan fingerprint density at radius 3 is 2.96 bits per heavy atom. The Balaban J connectivity index is 1.45. The third-order valence-electron chi connectivity index (χ3n) is 4.84. The molecule has 7 heteroatoms. The highest BCUT2D eigenvalue weighted by Gasteiger charge is 2.36. The maximum atomic E-state index is 11.9. The van der Waals surface area contributed by atoms with Gasteiger partial charge in [-0.2, -0.15) is 0 Å². The van der Waals surface area contributed by atoms with E-state index < -0.39 is 0 Å². The molecule has 0 unspecified atom stereocenters. The van der Waals surface area contributed by atoms with Gasteiger partial charge in [0.1, 0.15) is 6.10 Å². The van der Waals surface area contributed by atoms with Crippen molar-refractivity contribution in [1.29, 1.82) is 0 Å². The summed E-state index contributed by atoms with van der Waals surface area (Å²) in [6.45, 7) is 2.83. The van der Waals surface area contributed by atoms with Crippen LogP contribution in [0.25, 0.3) is 0 Å². The molecule has 1 aromatic heterocycles. The number of aliphatic hydroxyl groups excluding tert-OH is 1. The molecule has 2 aliphatic rings. The molecule has 1 saturated heterocycles. The largest absolute Gasteiger partial charge is 0.394 e. The van der Waals surface area contributed by atoms with Gasteiger partial charge in [-0.1, -0.05) is 18.6 Å². The van der Waals surface area contributed by atoms with Crippen LogP contribution in [0.5, 0.6) is 0 Å². The molecule has 3 rings (SSSR count). The predicted octanol–water partition coefficient (Wildman–Crippen LogP) is 1.06. The van der Waals surface area contributed by atoms with E-state index in [0.717, 1.165) is 57.2 Å². The lowest BCUT2D eigenvalue weighted by Crippen LogP contribution is -2.51. The van der Waals surface area contributed by atoms with Crippen LogP contribution in [-0.4, -0.2) is 50.9 Å². The van der Waals surface area contributed by atoms with E-state index in [1.54, 1.807) is 0 Å². The van der Waals surface area contributed by atoms with Gasteiger partial charge in [0.05, 0.1) is 24.4 Å². The third-order valence-corrected chi connectivity index (χ3v) is 4.84. The number of ether oxygens (including phenoxy) is 1. The van der Waals surface area contributed by atoms with E-state index in [1.165, 1.54) is 0 Å². The fraction of sp³-hybridized carbons (Fsp3) is 0.824. The Kier molecular flexibility index (Phi) is 5.84. The molecular weight excluding hydrogens is 308 g/mol. The average Bonchev–Trinajstić information content (AvgIpc) is 3.35. The normalized spacial score (nSPS) is 27.2. The zero-order valence-corrected chi connectivity index (χ0v) is 14.4. The molecule has 1 aliphatic carbocycles. The molecule has 0 bridgehead atoms. The van der Waals surface area contributed by atoms with Crippen molar-refractivity contribution >= 4 is 5.91 Å². The van der Waals surface area contributed by atoms with Crippen LogP contribution in [0, 0.1) is 5.92 Å². The summed E-state index contributed by atoms with van der Waals surface area (Å²) in [4.78, 5) is 11.9. The van der Waals surface area contributed by atoms with Gasteiger partial charge in [-0.15, -0.1) is 5.10 Å². The Bertz CT molecular complexity index is 544. The van der Waals surface area contributed by atoms with Crippen molar-refractivity contribution in [2.75, 3.05) is 6.61 Å². The Hall–Kier alpha value is -1.47. The van der Waals surface area contributed by atoms with Gasteiger partial charge >= 0.3 is 0 Å². The van der Waals surface area contributed by atoms with Crippen LogP contribution < -0.4 is 5.32 Å². The van der Waals surface area contributed by atoms with Crippen LogP contribution >= 0.6 is 0 Å². The van der Waals surface area contributed by atoms with Crippen molar-refractivity contribution in [1.82, 2.24) is 20.3 Å². The molecule has 2 heterocycles. The summed E-state index contributed by atoms with van der Waals surface area (Å²) in [5.74, 6) is 0.304. The Labute approximate surface area is 142 Å². The molecular formula is C17H28N4O3. The van der Waals surface area contributed by atoms with E-state index in [-0.39, 0.29) is 36.7 Å².